The van der Waals surface area contributed by atoms with Gasteiger partial charge in [-0.1, -0.05) is 18.2 Å². The third kappa shape index (κ3) is 3.78. The molecule has 6 heteroatoms. The zero-order chi connectivity index (χ0) is 18.5. The summed E-state index contributed by atoms with van der Waals surface area (Å²) in [5.41, 5.74) is 3.94. The van der Waals surface area contributed by atoms with Gasteiger partial charge in [0.25, 0.3) is 5.91 Å². The summed E-state index contributed by atoms with van der Waals surface area (Å²) in [4.78, 5) is 12.3. The minimum Gasteiger partial charge on any atom is -0.454 e. The number of nitrogens with one attached hydrogen (secondary N) is 2. The molecular weight excluding hydrogens is 330 g/mol. The van der Waals surface area contributed by atoms with Crippen LogP contribution < -0.4 is 20.1 Å². The van der Waals surface area contributed by atoms with Gasteiger partial charge in [0.15, 0.2) is 11.5 Å². The molecule has 1 heterocycles. The standard InChI is InChI=1S/C20H19N3O3/c1-13-4-3-5-17(14(13)2)22-11-16(9-21)20(24)23-10-15-6-7-18-19(8-15)26-12-25-18/h3-8,11,22H,10,12H2,1-2H3,(H,23,24)/b16-11-. The van der Waals surface area contributed by atoms with Crippen LogP contribution >= 0.6 is 0 Å². The number of hydrogen-bond donors (Lipinski definition) is 2. The van der Waals surface area contributed by atoms with Crippen LogP contribution in [0.15, 0.2) is 48.2 Å². The molecule has 0 bridgehead atoms. The average Bonchev–Trinajstić information content (AvgIpc) is 3.11. The van der Waals surface area contributed by atoms with Crippen LogP contribution in [0.25, 0.3) is 0 Å². The molecule has 0 radical (unpaired) electrons. The van der Waals surface area contributed by atoms with E-state index in [2.05, 4.69) is 10.6 Å². The van der Waals surface area contributed by atoms with E-state index >= 15 is 0 Å². The van der Waals surface area contributed by atoms with Crippen molar-refractivity contribution in [3.05, 3.63) is 64.9 Å². The molecule has 132 valence electrons. The fourth-order valence-corrected chi connectivity index (χ4v) is 2.53. The molecular formula is C20H19N3O3. The summed E-state index contributed by atoms with van der Waals surface area (Å²) in [5, 5.41) is 15.0. The number of benzene rings is 2. The molecule has 0 fully saturated rings. The molecule has 26 heavy (non-hydrogen) atoms. The number of rotatable bonds is 5. The Hall–Kier alpha value is -3.46. The molecule has 1 aliphatic rings. The molecule has 2 aromatic rings. The predicted molar refractivity (Wildman–Crippen MR) is 97.6 cm³/mol. The highest BCUT2D eigenvalue weighted by Gasteiger charge is 2.14. The number of carbonyl (C=O) groups excluding carboxylic acids is 1. The van der Waals surface area contributed by atoms with E-state index in [4.69, 9.17) is 9.47 Å². The van der Waals surface area contributed by atoms with Crippen LogP contribution in [0.2, 0.25) is 0 Å². The van der Waals surface area contributed by atoms with Crippen LogP contribution in [-0.4, -0.2) is 12.7 Å². The lowest BCUT2D eigenvalue weighted by Crippen LogP contribution is -2.24. The van der Waals surface area contributed by atoms with Crippen LogP contribution in [0.3, 0.4) is 0 Å². The van der Waals surface area contributed by atoms with Crippen molar-refractivity contribution in [1.29, 1.82) is 5.26 Å². The van der Waals surface area contributed by atoms with Crippen molar-refractivity contribution in [2.45, 2.75) is 20.4 Å². The second-order valence-corrected chi connectivity index (χ2v) is 5.93. The number of nitriles is 1. The summed E-state index contributed by atoms with van der Waals surface area (Å²) in [6.07, 6.45) is 1.43. The van der Waals surface area contributed by atoms with Gasteiger partial charge < -0.3 is 20.1 Å². The lowest BCUT2D eigenvalue weighted by molar-refractivity contribution is -0.117. The zero-order valence-electron chi connectivity index (χ0n) is 14.6. The van der Waals surface area contributed by atoms with E-state index in [1.54, 1.807) is 6.07 Å². The highest BCUT2D eigenvalue weighted by Crippen LogP contribution is 2.32. The van der Waals surface area contributed by atoms with Gasteiger partial charge in [0, 0.05) is 18.4 Å². The molecule has 0 unspecified atom stereocenters. The first kappa shape index (κ1) is 17.4. The minimum atomic E-state index is -0.442. The Kier molecular flexibility index (Phi) is 5.09. The maximum absolute atomic E-state index is 12.3. The van der Waals surface area contributed by atoms with E-state index in [9.17, 15) is 10.1 Å². The number of nitrogens with zero attached hydrogens (tertiary/aromatic N) is 1. The van der Waals surface area contributed by atoms with Crippen molar-refractivity contribution in [2.24, 2.45) is 0 Å². The van der Waals surface area contributed by atoms with E-state index in [1.165, 1.54) is 6.20 Å². The highest BCUT2D eigenvalue weighted by atomic mass is 16.7. The van der Waals surface area contributed by atoms with Crippen molar-refractivity contribution in [2.75, 3.05) is 12.1 Å². The van der Waals surface area contributed by atoms with Gasteiger partial charge in [-0.15, -0.1) is 0 Å². The normalized spacial score (nSPS) is 12.4. The number of carbonyl (C=O) groups is 1. The summed E-state index contributed by atoms with van der Waals surface area (Å²) in [6, 6.07) is 13.2. The SMILES string of the molecule is Cc1cccc(N/C=C(/C#N)C(=O)NCc2ccc3c(c2)OCO3)c1C. The zero-order valence-corrected chi connectivity index (χ0v) is 14.6. The minimum absolute atomic E-state index is 0.00616. The number of amides is 1. The topological polar surface area (TPSA) is 83.4 Å². The largest absolute Gasteiger partial charge is 0.454 e. The van der Waals surface area contributed by atoms with Gasteiger partial charge in [0.05, 0.1) is 0 Å². The molecule has 3 rings (SSSR count). The Morgan fingerprint density at radius 2 is 2.04 bits per heavy atom. The average molecular weight is 349 g/mol. The highest BCUT2D eigenvalue weighted by molar-refractivity contribution is 5.97. The molecule has 0 aliphatic carbocycles. The van der Waals surface area contributed by atoms with Gasteiger partial charge in [-0.2, -0.15) is 5.26 Å². The summed E-state index contributed by atoms with van der Waals surface area (Å²) < 4.78 is 10.6. The summed E-state index contributed by atoms with van der Waals surface area (Å²) in [7, 11) is 0. The van der Waals surface area contributed by atoms with Gasteiger partial charge in [-0.25, -0.2) is 0 Å². The lowest BCUT2D eigenvalue weighted by Gasteiger charge is -2.09. The molecule has 1 aliphatic heterocycles. The number of ether oxygens (including phenoxy) is 2. The Labute approximate surface area is 152 Å². The van der Waals surface area contributed by atoms with Crippen LogP contribution in [0.5, 0.6) is 11.5 Å². The van der Waals surface area contributed by atoms with Gasteiger partial charge in [0.2, 0.25) is 6.79 Å². The Morgan fingerprint density at radius 1 is 1.23 bits per heavy atom. The number of hydrogen-bond acceptors (Lipinski definition) is 5. The van der Waals surface area contributed by atoms with Crippen molar-refractivity contribution >= 4 is 11.6 Å². The number of aryl methyl sites for hydroxylation is 1. The second kappa shape index (κ2) is 7.62. The smallest absolute Gasteiger partial charge is 0.263 e. The molecule has 0 aromatic heterocycles. The lowest BCUT2D eigenvalue weighted by atomic mass is 10.1. The molecule has 2 N–H and O–H groups in total. The van der Waals surface area contributed by atoms with E-state index in [1.807, 2.05) is 50.2 Å². The third-order valence-corrected chi connectivity index (χ3v) is 4.23. The van der Waals surface area contributed by atoms with Crippen molar-refractivity contribution < 1.29 is 14.3 Å². The quantitative estimate of drug-likeness (QED) is 0.640. The van der Waals surface area contributed by atoms with Crippen molar-refractivity contribution in [3.8, 4) is 17.6 Å². The van der Waals surface area contributed by atoms with Gasteiger partial charge in [-0.05, 0) is 48.7 Å². The van der Waals surface area contributed by atoms with Gasteiger partial charge in [0.1, 0.15) is 11.6 Å². The number of anilines is 1. The van der Waals surface area contributed by atoms with Gasteiger partial charge >= 0.3 is 0 Å². The van der Waals surface area contributed by atoms with Crippen LogP contribution in [0.1, 0.15) is 16.7 Å². The molecule has 0 saturated heterocycles. The van der Waals surface area contributed by atoms with Crippen LogP contribution in [-0.2, 0) is 11.3 Å². The maximum Gasteiger partial charge on any atom is 0.263 e. The summed E-state index contributed by atoms with van der Waals surface area (Å²) in [5.74, 6) is 0.905. The molecule has 0 atom stereocenters. The molecule has 2 aromatic carbocycles. The Balaban J connectivity index is 1.63. The van der Waals surface area contributed by atoms with E-state index in [0.717, 1.165) is 22.4 Å². The van der Waals surface area contributed by atoms with Crippen molar-refractivity contribution in [3.63, 3.8) is 0 Å². The first-order valence-corrected chi connectivity index (χ1v) is 8.18. The first-order valence-electron chi connectivity index (χ1n) is 8.18. The fraction of sp³-hybridized carbons (Fsp3) is 0.200. The van der Waals surface area contributed by atoms with Crippen LogP contribution in [0.4, 0.5) is 5.69 Å². The van der Waals surface area contributed by atoms with Gasteiger partial charge in [-0.3, -0.25) is 4.79 Å². The molecule has 1 amide bonds. The Bertz CT molecular complexity index is 913. The predicted octanol–water partition coefficient (Wildman–Crippen LogP) is 3.17. The molecule has 0 spiro atoms. The molecule has 6 nitrogen and oxygen atoms in total. The van der Waals surface area contributed by atoms with Crippen LogP contribution in [0, 0.1) is 25.2 Å². The fourth-order valence-electron chi connectivity index (χ4n) is 2.53. The summed E-state index contributed by atoms with van der Waals surface area (Å²) >= 11 is 0. The maximum atomic E-state index is 12.3. The third-order valence-electron chi connectivity index (χ3n) is 4.23. The van der Waals surface area contributed by atoms with E-state index in [-0.39, 0.29) is 18.9 Å². The second-order valence-electron chi connectivity index (χ2n) is 5.93. The van der Waals surface area contributed by atoms with E-state index < -0.39 is 5.91 Å². The molecule has 0 saturated carbocycles. The number of fused-ring (bicyclic) bond motifs is 1. The van der Waals surface area contributed by atoms with Crippen molar-refractivity contribution in [1.82, 2.24) is 5.32 Å². The first-order chi connectivity index (χ1) is 12.6. The Morgan fingerprint density at radius 3 is 2.85 bits per heavy atom. The van der Waals surface area contributed by atoms with E-state index in [0.29, 0.717) is 11.5 Å². The summed E-state index contributed by atoms with van der Waals surface area (Å²) in [6.45, 7) is 4.49. The monoisotopic (exact) mass is 349 g/mol.